The molecule has 0 atom stereocenters. The number of hydrogen-bond acceptors (Lipinski definition) is 4. The lowest BCUT2D eigenvalue weighted by Gasteiger charge is -1.99. The SMILES string of the molecule is CCOC(=O)C(Br)=CSCCC(=O)O. The van der Waals surface area contributed by atoms with Crippen LogP contribution in [0.4, 0.5) is 0 Å². The number of carboxylic acid groups (broad SMARTS) is 1. The summed E-state index contributed by atoms with van der Waals surface area (Å²) >= 11 is 4.28. The van der Waals surface area contributed by atoms with Gasteiger partial charge in [-0.15, -0.1) is 11.8 Å². The van der Waals surface area contributed by atoms with Crippen LogP contribution in [-0.4, -0.2) is 29.4 Å². The van der Waals surface area contributed by atoms with Crippen molar-refractivity contribution in [2.45, 2.75) is 13.3 Å². The van der Waals surface area contributed by atoms with E-state index < -0.39 is 11.9 Å². The van der Waals surface area contributed by atoms with Gasteiger partial charge in [-0.1, -0.05) is 0 Å². The highest BCUT2D eigenvalue weighted by molar-refractivity contribution is 9.12. The average molecular weight is 283 g/mol. The van der Waals surface area contributed by atoms with Crippen molar-refractivity contribution in [3.63, 3.8) is 0 Å². The number of carboxylic acids is 1. The number of hydrogen-bond donors (Lipinski definition) is 1. The quantitative estimate of drug-likeness (QED) is 0.459. The van der Waals surface area contributed by atoms with Gasteiger partial charge in [0.15, 0.2) is 0 Å². The summed E-state index contributed by atoms with van der Waals surface area (Å²) in [6.07, 6.45) is 0.0737. The molecule has 6 heteroatoms. The van der Waals surface area contributed by atoms with Crippen LogP contribution in [0.2, 0.25) is 0 Å². The van der Waals surface area contributed by atoms with Crippen LogP contribution in [0.25, 0.3) is 0 Å². The number of carbonyl (C=O) groups excluding carboxylic acids is 1. The summed E-state index contributed by atoms with van der Waals surface area (Å²) in [5, 5.41) is 9.88. The largest absolute Gasteiger partial charge is 0.481 e. The molecule has 0 amide bonds. The molecule has 0 aromatic rings. The summed E-state index contributed by atoms with van der Waals surface area (Å²) in [4.78, 5) is 21.1. The Morgan fingerprint density at radius 3 is 2.71 bits per heavy atom. The number of aliphatic carboxylic acids is 1. The van der Waals surface area contributed by atoms with Crippen molar-refractivity contribution in [3.05, 3.63) is 9.89 Å². The van der Waals surface area contributed by atoms with Crippen molar-refractivity contribution in [2.75, 3.05) is 12.4 Å². The predicted molar refractivity (Wildman–Crippen MR) is 58.4 cm³/mol. The van der Waals surface area contributed by atoms with Gasteiger partial charge in [-0.25, -0.2) is 4.79 Å². The Bertz CT molecular complexity index is 239. The van der Waals surface area contributed by atoms with E-state index in [1.165, 1.54) is 11.8 Å². The van der Waals surface area contributed by atoms with E-state index in [9.17, 15) is 9.59 Å². The normalized spacial score (nSPS) is 11.1. The fourth-order valence-corrected chi connectivity index (χ4v) is 1.69. The van der Waals surface area contributed by atoms with Crippen molar-refractivity contribution in [1.82, 2.24) is 0 Å². The molecule has 0 aliphatic heterocycles. The lowest BCUT2D eigenvalue weighted by molar-refractivity contribution is -0.138. The maximum absolute atomic E-state index is 11.0. The van der Waals surface area contributed by atoms with E-state index in [1.807, 2.05) is 0 Å². The van der Waals surface area contributed by atoms with Crippen LogP contribution in [0.1, 0.15) is 13.3 Å². The van der Waals surface area contributed by atoms with Crippen molar-refractivity contribution in [3.8, 4) is 0 Å². The van der Waals surface area contributed by atoms with E-state index in [2.05, 4.69) is 15.9 Å². The van der Waals surface area contributed by atoms with Crippen LogP contribution in [0.3, 0.4) is 0 Å². The molecule has 0 rings (SSSR count). The maximum atomic E-state index is 11.0. The van der Waals surface area contributed by atoms with Crippen molar-refractivity contribution < 1.29 is 19.4 Å². The van der Waals surface area contributed by atoms with Crippen molar-refractivity contribution in [2.24, 2.45) is 0 Å². The lowest BCUT2D eigenvalue weighted by Crippen LogP contribution is -2.03. The molecule has 1 N–H and O–H groups in total. The van der Waals surface area contributed by atoms with Gasteiger partial charge in [-0.05, 0) is 28.3 Å². The Balaban J connectivity index is 3.76. The Labute approximate surface area is 94.8 Å². The van der Waals surface area contributed by atoms with Crippen molar-refractivity contribution in [1.29, 1.82) is 0 Å². The first-order valence-electron chi connectivity index (χ1n) is 3.94. The summed E-state index contributed by atoms with van der Waals surface area (Å²) in [5.41, 5.74) is 0. The molecule has 0 aromatic heterocycles. The number of rotatable bonds is 6. The molecule has 0 saturated heterocycles. The van der Waals surface area contributed by atoms with E-state index in [0.29, 0.717) is 16.8 Å². The zero-order chi connectivity index (χ0) is 11.0. The van der Waals surface area contributed by atoms with Gasteiger partial charge in [0, 0.05) is 5.75 Å². The third kappa shape index (κ3) is 6.97. The fourth-order valence-electron chi connectivity index (χ4n) is 0.526. The minimum atomic E-state index is -0.849. The van der Waals surface area contributed by atoms with Gasteiger partial charge in [0.25, 0.3) is 0 Å². The summed E-state index contributed by atoms with van der Waals surface area (Å²) in [6, 6.07) is 0. The van der Waals surface area contributed by atoms with Crippen LogP contribution in [0.15, 0.2) is 9.89 Å². The number of ether oxygens (including phenoxy) is 1. The molecular formula is C8H11BrO4S. The van der Waals surface area contributed by atoms with E-state index in [1.54, 1.807) is 12.3 Å². The highest BCUT2D eigenvalue weighted by Gasteiger charge is 2.05. The molecule has 0 aromatic carbocycles. The zero-order valence-corrected chi connectivity index (χ0v) is 10.1. The van der Waals surface area contributed by atoms with E-state index in [-0.39, 0.29) is 6.42 Å². The molecule has 0 heterocycles. The minimum absolute atomic E-state index is 0.0737. The van der Waals surface area contributed by atoms with Gasteiger partial charge in [-0.2, -0.15) is 0 Å². The van der Waals surface area contributed by atoms with Crippen LogP contribution in [-0.2, 0) is 14.3 Å². The highest BCUT2D eigenvalue weighted by atomic mass is 79.9. The van der Waals surface area contributed by atoms with Gasteiger partial charge in [-0.3, -0.25) is 4.79 Å². The van der Waals surface area contributed by atoms with E-state index >= 15 is 0 Å². The third-order valence-corrected chi connectivity index (χ3v) is 2.79. The molecule has 0 radical (unpaired) electrons. The monoisotopic (exact) mass is 282 g/mol. The standard InChI is InChI=1S/C8H11BrO4S/c1-2-13-8(12)6(9)5-14-4-3-7(10)11/h5H,2-4H2,1H3,(H,10,11). The first-order chi connectivity index (χ1) is 6.57. The topological polar surface area (TPSA) is 63.6 Å². The first-order valence-corrected chi connectivity index (χ1v) is 5.78. The Hall–Kier alpha value is -0.490. The van der Waals surface area contributed by atoms with Crippen LogP contribution < -0.4 is 0 Å². The summed E-state index contributed by atoms with van der Waals surface area (Å²) in [7, 11) is 0. The zero-order valence-electron chi connectivity index (χ0n) is 7.66. The smallest absolute Gasteiger partial charge is 0.345 e. The highest BCUT2D eigenvalue weighted by Crippen LogP contribution is 2.15. The molecule has 0 aliphatic carbocycles. The Morgan fingerprint density at radius 1 is 1.57 bits per heavy atom. The second-order valence-electron chi connectivity index (χ2n) is 2.20. The number of halogens is 1. The molecule has 80 valence electrons. The second kappa shape index (κ2) is 7.87. The molecular weight excluding hydrogens is 272 g/mol. The van der Waals surface area contributed by atoms with Gasteiger partial charge < -0.3 is 9.84 Å². The summed E-state index contributed by atoms with van der Waals surface area (Å²) < 4.78 is 5.01. The molecule has 4 nitrogen and oxygen atoms in total. The van der Waals surface area contributed by atoms with E-state index in [4.69, 9.17) is 9.84 Å². The molecule has 0 bridgehead atoms. The summed E-state index contributed by atoms with van der Waals surface area (Å²) in [6.45, 7) is 2.04. The molecule has 0 spiro atoms. The van der Waals surface area contributed by atoms with Gasteiger partial charge in [0.1, 0.15) is 4.48 Å². The Kier molecular flexibility index (Phi) is 7.60. The minimum Gasteiger partial charge on any atom is -0.481 e. The summed E-state index contributed by atoms with van der Waals surface area (Å²) in [5.74, 6) is -0.849. The van der Waals surface area contributed by atoms with Crippen molar-refractivity contribution >= 4 is 39.6 Å². The number of carbonyl (C=O) groups is 2. The second-order valence-corrected chi connectivity index (χ2v) is 4.03. The van der Waals surface area contributed by atoms with E-state index in [0.717, 1.165) is 0 Å². The molecule has 0 saturated carbocycles. The van der Waals surface area contributed by atoms with Gasteiger partial charge >= 0.3 is 11.9 Å². The lowest BCUT2D eigenvalue weighted by atomic mass is 10.5. The molecule has 0 unspecified atom stereocenters. The van der Waals surface area contributed by atoms with Gasteiger partial charge in [0.2, 0.25) is 0 Å². The Morgan fingerprint density at radius 2 is 2.21 bits per heavy atom. The number of thioether (sulfide) groups is 1. The molecule has 14 heavy (non-hydrogen) atoms. The molecule has 0 aliphatic rings. The first kappa shape index (κ1) is 13.5. The predicted octanol–water partition coefficient (Wildman–Crippen LogP) is 1.99. The van der Waals surface area contributed by atoms with Crippen LogP contribution in [0.5, 0.6) is 0 Å². The number of esters is 1. The van der Waals surface area contributed by atoms with Crippen LogP contribution in [0, 0.1) is 0 Å². The molecule has 0 fully saturated rings. The maximum Gasteiger partial charge on any atom is 0.345 e. The van der Waals surface area contributed by atoms with Crippen LogP contribution >= 0.6 is 27.7 Å². The third-order valence-electron chi connectivity index (χ3n) is 1.09. The average Bonchev–Trinajstić information content (AvgIpc) is 2.12. The van der Waals surface area contributed by atoms with Gasteiger partial charge in [0.05, 0.1) is 13.0 Å². The fraction of sp³-hybridized carbons (Fsp3) is 0.500.